The van der Waals surface area contributed by atoms with Gasteiger partial charge in [-0.1, -0.05) is 33.6 Å². The molecule has 1 heterocycles. The standard InChI is InChI=1S/C22H22BrClN2O4S/c1-13-2-5-17(12-18(13)24)25-20(27)7-9-31(29,30)19-11-16(23)10-15-6-8-26(21(15)19)22(28)14-3-4-14/h2,5,10-12,14H,3-4,6-9H2,1H3,(H,25,27). The molecule has 0 saturated heterocycles. The van der Waals surface area contributed by atoms with Crippen molar-refractivity contribution < 1.29 is 18.0 Å². The molecule has 0 spiro atoms. The van der Waals surface area contributed by atoms with Crippen molar-refractivity contribution in [3.05, 3.63) is 51.0 Å². The van der Waals surface area contributed by atoms with Gasteiger partial charge in [-0.05, 0) is 61.6 Å². The van der Waals surface area contributed by atoms with E-state index < -0.39 is 15.7 Å². The number of benzene rings is 2. The van der Waals surface area contributed by atoms with Crippen LogP contribution in [0.15, 0.2) is 39.7 Å². The highest BCUT2D eigenvalue weighted by molar-refractivity contribution is 9.10. The average Bonchev–Trinajstić information content (AvgIpc) is 3.48. The first-order valence-corrected chi connectivity index (χ1v) is 12.9. The maximum atomic E-state index is 13.2. The Hall–Kier alpha value is -1.90. The quantitative estimate of drug-likeness (QED) is 0.601. The molecule has 0 atom stereocenters. The van der Waals surface area contributed by atoms with Crippen LogP contribution in [0.2, 0.25) is 5.02 Å². The summed E-state index contributed by atoms with van der Waals surface area (Å²) in [5.74, 6) is -0.780. The lowest BCUT2D eigenvalue weighted by Gasteiger charge is -2.20. The number of carbonyl (C=O) groups is 2. The molecule has 1 aliphatic carbocycles. The molecule has 2 amide bonds. The minimum absolute atomic E-state index is 0.00254. The summed E-state index contributed by atoms with van der Waals surface area (Å²) in [5, 5.41) is 3.21. The van der Waals surface area contributed by atoms with E-state index in [1.54, 1.807) is 23.1 Å². The topological polar surface area (TPSA) is 83.6 Å². The molecule has 0 radical (unpaired) electrons. The lowest BCUT2D eigenvalue weighted by atomic mass is 10.2. The Kier molecular flexibility index (Phi) is 6.16. The van der Waals surface area contributed by atoms with Gasteiger partial charge in [0, 0.05) is 34.1 Å². The second-order valence-corrected chi connectivity index (χ2v) is 11.4. The molecule has 1 aliphatic heterocycles. The zero-order valence-corrected chi connectivity index (χ0v) is 20.1. The Balaban J connectivity index is 1.53. The first-order chi connectivity index (χ1) is 14.7. The van der Waals surface area contributed by atoms with E-state index in [0.717, 1.165) is 24.0 Å². The van der Waals surface area contributed by atoms with Crippen LogP contribution >= 0.6 is 27.5 Å². The lowest BCUT2D eigenvalue weighted by molar-refractivity contribution is -0.119. The van der Waals surface area contributed by atoms with Crippen LogP contribution in [0, 0.1) is 12.8 Å². The van der Waals surface area contributed by atoms with E-state index in [1.165, 1.54) is 6.07 Å². The number of aryl methyl sites for hydroxylation is 1. The van der Waals surface area contributed by atoms with E-state index in [-0.39, 0.29) is 28.9 Å². The molecule has 1 fully saturated rings. The van der Waals surface area contributed by atoms with Gasteiger partial charge in [0.25, 0.3) is 0 Å². The number of nitrogens with zero attached hydrogens (tertiary/aromatic N) is 1. The van der Waals surface area contributed by atoms with Crippen LogP contribution in [0.5, 0.6) is 0 Å². The van der Waals surface area contributed by atoms with Crippen molar-refractivity contribution in [2.24, 2.45) is 5.92 Å². The summed E-state index contributed by atoms with van der Waals surface area (Å²) in [7, 11) is -3.79. The minimum atomic E-state index is -3.79. The van der Waals surface area contributed by atoms with Crippen LogP contribution in [-0.2, 0) is 25.8 Å². The second kappa shape index (κ2) is 8.56. The maximum absolute atomic E-state index is 13.2. The number of hydrogen-bond donors (Lipinski definition) is 1. The van der Waals surface area contributed by atoms with Crippen molar-refractivity contribution >= 4 is 60.6 Å². The highest BCUT2D eigenvalue weighted by Gasteiger charge is 2.39. The number of sulfone groups is 1. The van der Waals surface area contributed by atoms with E-state index >= 15 is 0 Å². The number of halogens is 2. The molecular weight excluding hydrogens is 504 g/mol. The summed E-state index contributed by atoms with van der Waals surface area (Å²) in [5.41, 5.74) is 2.71. The second-order valence-electron chi connectivity index (χ2n) is 8.01. The molecule has 0 aromatic heterocycles. The SMILES string of the molecule is Cc1ccc(NC(=O)CCS(=O)(=O)c2cc(Br)cc3c2N(C(=O)C2CC2)CC3)cc1Cl. The van der Waals surface area contributed by atoms with Gasteiger partial charge in [0.2, 0.25) is 11.8 Å². The third kappa shape index (κ3) is 4.81. The normalized spacial score (nSPS) is 15.6. The van der Waals surface area contributed by atoms with Crippen molar-refractivity contribution in [1.29, 1.82) is 0 Å². The van der Waals surface area contributed by atoms with Crippen LogP contribution in [0.25, 0.3) is 0 Å². The third-order valence-corrected chi connectivity index (χ3v) is 8.16. The smallest absolute Gasteiger partial charge is 0.230 e. The predicted octanol–water partition coefficient (Wildman–Crippen LogP) is 4.51. The van der Waals surface area contributed by atoms with Gasteiger partial charge in [-0.3, -0.25) is 9.59 Å². The molecule has 2 aromatic carbocycles. The summed E-state index contributed by atoms with van der Waals surface area (Å²) < 4.78 is 27.0. The fraction of sp³-hybridized carbons (Fsp3) is 0.364. The third-order valence-electron chi connectivity index (χ3n) is 5.57. The molecule has 4 rings (SSSR count). The van der Waals surface area contributed by atoms with Gasteiger partial charge in [-0.25, -0.2) is 8.42 Å². The number of rotatable bonds is 6. The van der Waals surface area contributed by atoms with E-state index in [9.17, 15) is 18.0 Å². The van der Waals surface area contributed by atoms with E-state index in [2.05, 4.69) is 21.2 Å². The first-order valence-electron chi connectivity index (χ1n) is 10.1. The number of carbonyl (C=O) groups excluding carboxylic acids is 2. The van der Waals surface area contributed by atoms with Crippen LogP contribution < -0.4 is 10.2 Å². The minimum Gasteiger partial charge on any atom is -0.326 e. The summed E-state index contributed by atoms with van der Waals surface area (Å²) >= 11 is 9.46. The average molecular weight is 526 g/mol. The molecule has 9 heteroatoms. The van der Waals surface area contributed by atoms with Crippen molar-refractivity contribution in [2.75, 3.05) is 22.5 Å². The van der Waals surface area contributed by atoms with Crippen LogP contribution in [0.4, 0.5) is 11.4 Å². The maximum Gasteiger partial charge on any atom is 0.230 e. The highest BCUT2D eigenvalue weighted by atomic mass is 79.9. The summed E-state index contributed by atoms with van der Waals surface area (Å²) in [6.45, 7) is 2.34. The number of nitrogens with one attached hydrogen (secondary N) is 1. The fourth-order valence-corrected chi connectivity index (χ4v) is 6.06. The van der Waals surface area contributed by atoms with Crippen molar-refractivity contribution in [3.63, 3.8) is 0 Å². The van der Waals surface area contributed by atoms with Crippen molar-refractivity contribution in [3.8, 4) is 0 Å². The Bertz CT molecular complexity index is 1180. The van der Waals surface area contributed by atoms with E-state index in [1.807, 2.05) is 13.0 Å². The van der Waals surface area contributed by atoms with Gasteiger partial charge in [-0.2, -0.15) is 0 Å². The monoisotopic (exact) mass is 524 g/mol. The van der Waals surface area contributed by atoms with Gasteiger partial charge < -0.3 is 10.2 Å². The Labute approximate surface area is 195 Å². The number of anilines is 2. The lowest BCUT2D eigenvalue weighted by Crippen LogP contribution is -2.31. The molecule has 6 nitrogen and oxygen atoms in total. The van der Waals surface area contributed by atoms with Gasteiger partial charge >= 0.3 is 0 Å². The summed E-state index contributed by atoms with van der Waals surface area (Å²) in [6, 6.07) is 8.53. The molecule has 164 valence electrons. The fourth-order valence-electron chi connectivity index (χ4n) is 3.71. The van der Waals surface area contributed by atoms with Crippen molar-refractivity contribution in [2.45, 2.75) is 37.5 Å². The van der Waals surface area contributed by atoms with Gasteiger partial charge in [-0.15, -0.1) is 0 Å². The first kappa shape index (κ1) is 22.3. The van der Waals surface area contributed by atoms with E-state index in [0.29, 0.717) is 33.8 Å². The Morgan fingerprint density at radius 2 is 1.97 bits per heavy atom. The van der Waals surface area contributed by atoms with E-state index in [4.69, 9.17) is 11.6 Å². The van der Waals surface area contributed by atoms with Crippen molar-refractivity contribution in [1.82, 2.24) is 0 Å². The largest absolute Gasteiger partial charge is 0.326 e. The zero-order valence-electron chi connectivity index (χ0n) is 17.0. The molecular formula is C22H22BrClN2O4S. The van der Waals surface area contributed by atoms with Crippen LogP contribution in [-0.4, -0.2) is 32.5 Å². The number of amides is 2. The summed E-state index contributed by atoms with van der Waals surface area (Å²) in [6.07, 6.45) is 2.12. The van der Waals surface area contributed by atoms with Crippen LogP contribution in [0.1, 0.15) is 30.4 Å². The molecule has 2 aromatic rings. The van der Waals surface area contributed by atoms with Gasteiger partial charge in [0.05, 0.1) is 16.3 Å². The van der Waals surface area contributed by atoms with Gasteiger partial charge in [0.1, 0.15) is 0 Å². The molecule has 1 N–H and O–H groups in total. The Morgan fingerprint density at radius 1 is 1.23 bits per heavy atom. The molecule has 2 aliphatic rings. The number of hydrogen-bond acceptors (Lipinski definition) is 4. The van der Waals surface area contributed by atoms with Gasteiger partial charge in [0.15, 0.2) is 9.84 Å². The molecule has 0 unspecified atom stereocenters. The Morgan fingerprint density at radius 3 is 2.65 bits per heavy atom. The van der Waals surface area contributed by atoms with Crippen LogP contribution in [0.3, 0.4) is 0 Å². The zero-order chi connectivity index (χ0) is 22.3. The number of fused-ring (bicyclic) bond motifs is 1. The molecule has 1 saturated carbocycles. The predicted molar refractivity (Wildman–Crippen MR) is 124 cm³/mol. The highest BCUT2D eigenvalue weighted by Crippen LogP contribution is 2.41. The molecule has 31 heavy (non-hydrogen) atoms. The summed E-state index contributed by atoms with van der Waals surface area (Å²) in [4.78, 5) is 26.8. The molecule has 0 bridgehead atoms.